The average molecular weight is 250 g/mol. The summed E-state index contributed by atoms with van der Waals surface area (Å²) in [5, 5.41) is 0. The number of rotatable bonds is 6. The first-order valence-corrected chi connectivity index (χ1v) is 5.99. The molecule has 1 aliphatic rings. The fraction of sp³-hybridized carbons (Fsp3) is 0.500. The maximum absolute atomic E-state index is 12.3. The molecule has 0 radical (unpaired) electrons. The lowest BCUT2D eigenvalue weighted by atomic mass is 10.3. The molecule has 0 aromatic carbocycles. The van der Waals surface area contributed by atoms with Crippen LogP contribution in [0.15, 0.2) is 18.3 Å². The van der Waals surface area contributed by atoms with Gasteiger partial charge in [0.25, 0.3) is 5.91 Å². The van der Waals surface area contributed by atoms with E-state index in [0.29, 0.717) is 30.6 Å². The number of hydrogen-bond donors (Lipinski definition) is 2. The van der Waals surface area contributed by atoms with Crippen LogP contribution in [0.4, 0.5) is 5.69 Å². The maximum atomic E-state index is 12.3. The molecular formula is C12H18N4O2. The summed E-state index contributed by atoms with van der Waals surface area (Å²) in [6.07, 6.45) is 3.68. The number of hydrazine groups is 1. The number of amides is 1. The van der Waals surface area contributed by atoms with Crippen molar-refractivity contribution in [3.63, 3.8) is 0 Å². The van der Waals surface area contributed by atoms with Gasteiger partial charge in [-0.1, -0.05) is 0 Å². The van der Waals surface area contributed by atoms with Gasteiger partial charge in [0.2, 0.25) is 0 Å². The lowest BCUT2D eigenvalue weighted by Gasteiger charge is -2.21. The molecule has 1 saturated carbocycles. The van der Waals surface area contributed by atoms with Crippen LogP contribution in [0, 0.1) is 0 Å². The number of anilines is 1. The van der Waals surface area contributed by atoms with Crippen LogP contribution in [0.25, 0.3) is 0 Å². The summed E-state index contributed by atoms with van der Waals surface area (Å²) in [7, 11) is 1.63. The average Bonchev–Trinajstić information content (AvgIpc) is 3.24. The lowest BCUT2D eigenvalue weighted by Crippen LogP contribution is -2.36. The molecule has 1 aromatic rings. The number of hydrogen-bond acceptors (Lipinski definition) is 5. The second-order valence-corrected chi connectivity index (χ2v) is 4.30. The Morgan fingerprint density at radius 2 is 2.39 bits per heavy atom. The molecule has 0 unspecified atom stereocenters. The highest BCUT2D eigenvalue weighted by atomic mass is 16.5. The van der Waals surface area contributed by atoms with Crippen molar-refractivity contribution in [2.75, 3.05) is 25.7 Å². The van der Waals surface area contributed by atoms with Crippen LogP contribution in [0.5, 0.6) is 0 Å². The van der Waals surface area contributed by atoms with Gasteiger partial charge in [0.15, 0.2) is 0 Å². The van der Waals surface area contributed by atoms with E-state index in [0.717, 1.165) is 12.8 Å². The minimum atomic E-state index is -0.0434. The van der Waals surface area contributed by atoms with E-state index in [1.54, 1.807) is 25.4 Å². The van der Waals surface area contributed by atoms with E-state index in [1.807, 2.05) is 4.90 Å². The molecule has 0 spiro atoms. The van der Waals surface area contributed by atoms with Crippen molar-refractivity contribution in [2.45, 2.75) is 18.9 Å². The second-order valence-electron chi connectivity index (χ2n) is 4.30. The number of aromatic nitrogens is 1. The van der Waals surface area contributed by atoms with E-state index in [2.05, 4.69) is 10.4 Å². The van der Waals surface area contributed by atoms with Gasteiger partial charge in [0, 0.05) is 19.7 Å². The molecule has 6 nitrogen and oxygen atoms in total. The molecule has 1 aromatic heterocycles. The van der Waals surface area contributed by atoms with Gasteiger partial charge in [0.1, 0.15) is 5.69 Å². The first-order valence-electron chi connectivity index (χ1n) is 5.99. The number of carbonyl (C=O) groups is 1. The second kappa shape index (κ2) is 5.79. The molecule has 0 saturated heterocycles. The zero-order chi connectivity index (χ0) is 13.0. The fourth-order valence-electron chi connectivity index (χ4n) is 1.78. The highest BCUT2D eigenvalue weighted by Crippen LogP contribution is 2.27. The molecule has 6 heteroatoms. The Morgan fingerprint density at radius 1 is 1.61 bits per heavy atom. The standard InChI is InChI=1S/C12H18N4O2/c1-18-7-6-16(10-3-4-10)12(17)11-5-2-9(15-13)8-14-11/h2,5,8,10,15H,3-4,6-7,13H2,1H3. The SMILES string of the molecule is COCCN(C(=O)c1ccc(NN)cn1)C1CC1. The molecule has 3 N–H and O–H groups in total. The summed E-state index contributed by atoms with van der Waals surface area (Å²) in [5.41, 5.74) is 3.61. The molecule has 1 aliphatic carbocycles. The topological polar surface area (TPSA) is 80.5 Å². The van der Waals surface area contributed by atoms with Crippen molar-refractivity contribution in [1.82, 2.24) is 9.88 Å². The van der Waals surface area contributed by atoms with Gasteiger partial charge < -0.3 is 15.1 Å². The lowest BCUT2D eigenvalue weighted by molar-refractivity contribution is 0.0674. The van der Waals surface area contributed by atoms with Crippen LogP contribution < -0.4 is 11.3 Å². The third kappa shape index (κ3) is 2.96. The van der Waals surface area contributed by atoms with Crippen molar-refractivity contribution in [3.05, 3.63) is 24.0 Å². The van der Waals surface area contributed by atoms with Crippen molar-refractivity contribution in [2.24, 2.45) is 5.84 Å². The van der Waals surface area contributed by atoms with E-state index in [4.69, 9.17) is 10.6 Å². The normalized spacial score (nSPS) is 14.3. The number of nitrogens with zero attached hydrogens (tertiary/aromatic N) is 2. The van der Waals surface area contributed by atoms with Crippen LogP contribution in [0.2, 0.25) is 0 Å². The van der Waals surface area contributed by atoms with Crippen LogP contribution in [-0.2, 0) is 4.74 Å². The number of nitrogen functional groups attached to an aromatic ring is 1. The predicted molar refractivity (Wildman–Crippen MR) is 68.0 cm³/mol. The van der Waals surface area contributed by atoms with Gasteiger partial charge in [-0.05, 0) is 25.0 Å². The molecule has 98 valence electrons. The van der Waals surface area contributed by atoms with E-state index < -0.39 is 0 Å². The molecule has 0 bridgehead atoms. The summed E-state index contributed by atoms with van der Waals surface area (Å²) in [6, 6.07) is 3.77. The van der Waals surface area contributed by atoms with Gasteiger partial charge in [-0.25, -0.2) is 4.98 Å². The van der Waals surface area contributed by atoms with Gasteiger partial charge in [0.05, 0.1) is 18.5 Å². The summed E-state index contributed by atoms with van der Waals surface area (Å²) in [4.78, 5) is 18.2. The zero-order valence-corrected chi connectivity index (χ0v) is 10.4. The Labute approximate surface area is 106 Å². The van der Waals surface area contributed by atoms with Gasteiger partial charge in [-0.3, -0.25) is 10.6 Å². The summed E-state index contributed by atoms with van der Waals surface area (Å²) >= 11 is 0. The molecule has 0 atom stereocenters. The number of nitrogens with one attached hydrogen (secondary N) is 1. The largest absolute Gasteiger partial charge is 0.383 e. The minimum absolute atomic E-state index is 0.0434. The molecule has 0 aliphatic heterocycles. The molecule has 1 amide bonds. The minimum Gasteiger partial charge on any atom is -0.383 e. The van der Waals surface area contributed by atoms with Gasteiger partial charge in [-0.2, -0.15) is 0 Å². The number of nitrogens with two attached hydrogens (primary N) is 1. The number of methoxy groups -OCH3 is 1. The molecular weight excluding hydrogens is 232 g/mol. The Hall–Kier alpha value is -1.66. The van der Waals surface area contributed by atoms with E-state index in [1.165, 1.54) is 0 Å². The van der Waals surface area contributed by atoms with Gasteiger partial charge >= 0.3 is 0 Å². The Balaban J connectivity index is 2.06. The van der Waals surface area contributed by atoms with Crippen LogP contribution in [0.3, 0.4) is 0 Å². The van der Waals surface area contributed by atoms with Gasteiger partial charge in [-0.15, -0.1) is 0 Å². The van der Waals surface area contributed by atoms with E-state index in [9.17, 15) is 4.79 Å². The maximum Gasteiger partial charge on any atom is 0.272 e. The number of pyridine rings is 1. The quantitative estimate of drug-likeness (QED) is 0.571. The van der Waals surface area contributed by atoms with Crippen LogP contribution >= 0.6 is 0 Å². The van der Waals surface area contributed by atoms with Crippen LogP contribution in [-0.4, -0.2) is 42.1 Å². The fourth-order valence-corrected chi connectivity index (χ4v) is 1.78. The van der Waals surface area contributed by atoms with Crippen LogP contribution in [0.1, 0.15) is 23.3 Å². The number of ether oxygens (including phenoxy) is 1. The first-order chi connectivity index (χ1) is 8.76. The van der Waals surface area contributed by atoms with Crippen molar-refractivity contribution in [3.8, 4) is 0 Å². The Bertz CT molecular complexity index is 403. The van der Waals surface area contributed by atoms with E-state index in [-0.39, 0.29) is 5.91 Å². The Morgan fingerprint density at radius 3 is 2.89 bits per heavy atom. The highest BCUT2D eigenvalue weighted by molar-refractivity contribution is 5.92. The summed E-state index contributed by atoms with van der Waals surface area (Å²) in [6.45, 7) is 1.16. The monoisotopic (exact) mass is 250 g/mol. The number of carbonyl (C=O) groups excluding carboxylic acids is 1. The van der Waals surface area contributed by atoms with E-state index >= 15 is 0 Å². The summed E-state index contributed by atoms with van der Waals surface area (Å²) < 4.78 is 5.03. The van der Waals surface area contributed by atoms with Crippen molar-refractivity contribution < 1.29 is 9.53 Å². The van der Waals surface area contributed by atoms with Crippen molar-refractivity contribution in [1.29, 1.82) is 0 Å². The highest BCUT2D eigenvalue weighted by Gasteiger charge is 2.33. The molecule has 2 rings (SSSR count). The first kappa shape index (κ1) is 12.8. The third-order valence-corrected chi connectivity index (χ3v) is 2.93. The zero-order valence-electron chi connectivity index (χ0n) is 10.4. The third-order valence-electron chi connectivity index (χ3n) is 2.93. The predicted octanol–water partition coefficient (Wildman–Crippen LogP) is 0.618. The molecule has 18 heavy (non-hydrogen) atoms. The van der Waals surface area contributed by atoms with Crippen molar-refractivity contribution >= 4 is 11.6 Å². The smallest absolute Gasteiger partial charge is 0.272 e. The summed E-state index contributed by atoms with van der Waals surface area (Å²) in [5.74, 6) is 5.21. The molecule has 1 heterocycles. The Kier molecular flexibility index (Phi) is 4.11. The molecule has 1 fully saturated rings.